The molecule has 0 aliphatic heterocycles. The van der Waals surface area contributed by atoms with Crippen molar-refractivity contribution >= 4 is 33.6 Å². The van der Waals surface area contributed by atoms with Crippen LogP contribution in [0.1, 0.15) is 11.1 Å². The zero-order valence-electron chi connectivity index (χ0n) is 18.5. The van der Waals surface area contributed by atoms with E-state index < -0.39 is 0 Å². The second-order valence-corrected chi connectivity index (χ2v) is 8.32. The summed E-state index contributed by atoms with van der Waals surface area (Å²) in [5.74, 6) is 1.49. The molecular weight excluding hydrogens is 444 g/mol. The molecule has 6 nitrogen and oxygen atoms in total. The number of ether oxygens (including phenoxy) is 2. The predicted molar refractivity (Wildman–Crippen MR) is 138 cm³/mol. The van der Waals surface area contributed by atoms with Crippen molar-refractivity contribution < 1.29 is 9.47 Å². The van der Waals surface area contributed by atoms with Gasteiger partial charge in [-0.3, -0.25) is 10.4 Å². The molecular formula is C27H22N4O2S. The van der Waals surface area contributed by atoms with Gasteiger partial charge in [-0.2, -0.15) is 5.10 Å². The molecule has 0 atom stereocenters. The quantitative estimate of drug-likeness (QED) is 0.212. The summed E-state index contributed by atoms with van der Waals surface area (Å²) < 4.78 is 11.6. The first-order valence-electron chi connectivity index (χ1n) is 10.7. The summed E-state index contributed by atoms with van der Waals surface area (Å²) in [6, 6.07) is 25.8. The number of fused-ring (bicyclic) bond motifs is 1. The van der Waals surface area contributed by atoms with Crippen molar-refractivity contribution in [3.8, 4) is 22.8 Å². The summed E-state index contributed by atoms with van der Waals surface area (Å²) in [6.07, 6.45) is 3.52. The summed E-state index contributed by atoms with van der Waals surface area (Å²) in [4.78, 5) is 9.05. The Balaban J connectivity index is 1.28. The fourth-order valence-electron chi connectivity index (χ4n) is 3.57. The van der Waals surface area contributed by atoms with E-state index in [2.05, 4.69) is 20.5 Å². The highest BCUT2D eigenvalue weighted by molar-refractivity contribution is 7.14. The van der Waals surface area contributed by atoms with Gasteiger partial charge in [0.2, 0.25) is 5.13 Å². The van der Waals surface area contributed by atoms with Crippen LogP contribution in [0.5, 0.6) is 11.5 Å². The van der Waals surface area contributed by atoms with Gasteiger partial charge in [-0.15, -0.1) is 11.3 Å². The van der Waals surface area contributed by atoms with Crippen molar-refractivity contribution in [2.45, 2.75) is 6.61 Å². The number of nitrogens with one attached hydrogen (secondary N) is 1. The number of hydrogen-bond acceptors (Lipinski definition) is 7. The number of thiazole rings is 1. The molecule has 0 radical (unpaired) electrons. The Morgan fingerprint density at radius 3 is 2.74 bits per heavy atom. The molecule has 0 amide bonds. The molecule has 3 aromatic carbocycles. The molecule has 0 fully saturated rings. The van der Waals surface area contributed by atoms with Crippen LogP contribution in [0.25, 0.3) is 22.2 Å². The number of aromatic nitrogens is 2. The van der Waals surface area contributed by atoms with Crippen LogP contribution in [-0.4, -0.2) is 23.3 Å². The molecule has 0 aliphatic carbocycles. The summed E-state index contributed by atoms with van der Waals surface area (Å²) in [5.41, 5.74) is 7.70. The molecule has 0 saturated heterocycles. The third kappa shape index (κ3) is 4.89. The van der Waals surface area contributed by atoms with Crippen molar-refractivity contribution in [1.82, 2.24) is 9.97 Å². The van der Waals surface area contributed by atoms with Crippen molar-refractivity contribution in [3.63, 3.8) is 0 Å². The molecule has 0 aliphatic rings. The molecule has 2 aromatic heterocycles. The number of methoxy groups -OCH3 is 1. The Kier molecular flexibility index (Phi) is 6.45. The van der Waals surface area contributed by atoms with Crippen LogP contribution in [0.2, 0.25) is 0 Å². The SMILES string of the molecule is COc1ccc(C=NNc2nc(-c3ccccc3)cs2)cc1COc1cccc2cccnc12. The van der Waals surface area contributed by atoms with Crippen LogP contribution in [-0.2, 0) is 6.61 Å². The average molecular weight is 467 g/mol. The van der Waals surface area contributed by atoms with Crippen LogP contribution in [0.3, 0.4) is 0 Å². The van der Waals surface area contributed by atoms with Gasteiger partial charge in [-0.25, -0.2) is 4.98 Å². The van der Waals surface area contributed by atoms with Gasteiger partial charge in [-0.05, 0) is 35.9 Å². The summed E-state index contributed by atoms with van der Waals surface area (Å²) >= 11 is 1.51. The first-order chi connectivity index (χ1) is 16.8. The van der Waals surface area contributed by atoms with E-state index in [1.807, 2.05) is 84.2 Å². The molecule has 7 heteroatoms. The molecule has 0 saturated carbocycles. The van der Waals surface area contributed by atoms with Crippen molar-refractivity contribution in [3.05, 3.63) is 102 Å². The highest BCUT2D eigenvalue weighted by atomic mass is 32.1. The Bertz CT molecular complexity index is 1430. The topological polar surface area (TPSA) is 68.6 Å². The number of nitrogens with zero attached hydrogens (tertiary/aromatic N) is 3. The Labute approximate surface area is 201 Å². The maximum Gasteiger partial charge on any atom is 0.203 e. The minimum atomic E-state index is 0.348. The van der Waals surface area contributed by atoms with Crippen molar-refractivity contribution in [2.24, 2.45) is 5.10 Å². The second kappa shape index (κ2) is 10.1. The zero-order chi connectivity index (χ0) is 23.2. The van der Waals surface area contributed by atoms with Gasteiger partial charge < -0.3 is 9.47 Å². The van der Waals surface area contributed by atoms with E-state index in [0.29, 0.717) is 6.61 Å². The lowest BCUT2D eigenvalue weighted by atomic mass is 10.1. The van der Waals surface area contributed by atoms with Crippen LogP contribution in [0, 0.1) is 0 Å². The number of para-hydroxylation sites is 1. The van der Waals surface area contributed by atoms with Crippen molar-refractivity contribution in [2.75, 3.05) is 12.5 Å². The number of pyridine rings is 1. The van der Waals surface area contributed by atoms with E-state index in [1.54, 1.807) is 19.5 Å². The first-order valence-corrected chi connectivity index (χ1v) is 11.6. The van der Waals surface area contributed by atoms with Crippen LogP contribution in [0.15, 0.2) is 95.5 Å². The van der Waals surface area contributed by atoms with Crippen LogP contribution in [0.4, 0.5) is 5.13 Å². The van der Waals surface area contributed by atoms with Crippen LogP contribution < -0.4 is 14.9 Å². The molecule has 0 unspecified atom stereocenters. The second-order valence-electron chi connectivity index (χ2n) is 7.47. The number of hydrogen-bond donors (Lipinski definition) is 1. The maximum atomic E-state index is 6.11. The molecule has 5 rings (SSSR count). The minimum absolute atomic E-state index is 0.348. The fraction of sp³-hybridized carbons (Fsp3) is 0.0741. The third-order valence-corrected chi connectivity index (χ3v) is 5.98. The molecule has 5 aromatic rings. The first kappa shape index (κ1) is 21.6. The van der Waals surface area contributed by atoms with Gasteiger partial charge in [0.25, 0.3) is 0 Å². The van der Waals surface area contributed by atoms with Gasteiger partial charge in [0.15, 0.2) is 0 Å². The largest absolute Gasteiger partial charge is 0.496 e. The molecule has 0 bridgehead atoms. The van der Waals surface area contributed by atoms with E-state index in [1.165, 1.54) is 11.3 Å². The number of rotatable bonds is 8. The average Bonchev–Trinajstić information content (AvgIpc) is 3.37. The van der Waals surface area contributed by atoms with E-state index in [9.17, 15) is 0 Å². The van der Waals surface area contributed by atoms with Gasteiger partial charge in [0, 0.05) is 28.1 Å². The van der Waals surface area contributed by atoms with Gasteiger partial charge in [0.05, 0.1) is 19.0 Å². The van der Waals surface area contributed by atoms with E-state index in [-0.39, 0.29) is 0 Å². The normalized spacial score (nSPS) is 11.1. The number of benzene rings is 3. The highest BCUT2D eigenvalue weighted by Gasteiger charge is 2.08. The molecule has 34 heavy (non-hydrogen) atoms. The third-order valence-electron chi connectivity index (χ3n) is 5.23. The smallest absolute Gasteiger partial charge is 0.203 e. The van der Waals surface area contributed by atoms with E-state index >= 15 is 0 Å². The maximum absolute atomic E-state index is 6.11. The Morgan fingerprint density at radius 2 is 1.85 bits per heavy atom. The highest BCUT2D eigenvalue weighted by Crippen LogP contribution is 2.27. The fourth-order valence-corrected chi connectivity index (χ4v) is 4.24. The van der Waals surface area contributed by atoms with Gasteiger partial charge in [-0.1, -0.05) is 48.5 Å². The molecule has 0 spiro atoms. The summed E-state index contributed by atoms with van der Waals surface area (Å²) in [6.45, 7) is 0.348. The predicted octanol–water partition coefficient (Wildman–Crippen LogP) is 6.39. The van der Waals surface area contributed by atoms with E-state index in [0.717, 1.165) is 49.9 Å². The van der Waals surface area contributed by atoms with Crippen molar-refractivity contribution in [1.29, 1.82) is 0 Å². The lowest BCUT2D eigenvalue weighted by Crippen LogP contribution is -2.01. The Hall–Kier alpha value is -4.23. The van der Waals surface area contributed by atoms with Gasteiger partial charge >= 0.3 is 0 Å². The standard InChI is InChI=1S/C27H22N4O2S/c1-32-24-13-12-19(16-29-31-27-30-23(18-34-27)20-7-3-2-4-8-20)15-22(24)17-33-25-11-5-9-21-10-6-14-28-26(21)25/h2-16,18H,17H2,1H3,(H,30,31). The molecule has 2 heterocycles. The van der Waals surface area contributed by atoms with E-state index in [4.69, 9.17) is 9.47 Å². The molecule has 168 valence electrons. The summed E-state index contributed by atoms with van der Waals surface area (Å²) in [7, 11) is 1.65. The lowest BCUT2D eigenvalue weighted by Gasteiger charge is -2.12. The zero-order valence-corrected chi connectivity index (χ0v) is 19.3. The molecule has 1 N–H and O–H groups in total. The van der Waals surface area contributed by atoms with Gasteiger partial charge in [0.1, 0.15) is 23.6 Å². The number of hydrazone groups is 1. The monoisotopic (exact) mass is 466 g/mol. The van der Waals surface area contributed by atoms with Crippen LogP contribution >= 0.6 is 11.3 Å². The Morgan fingerprint density at radius 1 is 0.971 bits per heavy atom. The minimum Gasteiger partial charge on any atom is -0.496 e. The lowest BCUT2D eigenvalue weighted by molar-refractivity contribution is 0.299. The summed E-state index contributed by atoms with van der Waals surface area (Å²) in [5, 5.41) is 8.14. The number of anilines is 1.